The number of guanidine groups is 1. The standard InChI is InChI=1S/C39H39N5O14/c40-38-42-35-28(36(54)43-38)41-17-44(35)25-4-2-1-3-19(25)12-20-13-24-27(30(51)23-11-18(14-47)5-6-22(23)29(24)50)33(56-16-21(49)7-9-45)32(20)58-37-39(55,8-10-46)34(53)31(52)26(15-48)57-37/h1-6,9,11,13,21,26,31,34,37,46-49,52-53,55H,7-8,10,12,14-17H2,(H2,40,43,54)/p+1. The first kappa shape index (κ1) is 40.6. The van der Waals surface area contributed by atoms with Crippen LogP contribution in [0.3, 0.4) is 0 Å². The lowest BCUT2D eigenvalue weighted by molar-refractivity contribution is -0.723. The molecule has 7 atom stereocenters. The Hall–Kier alpha value is -5.61. The fourth-order valence-electron chi connectivity index (χ4n) is 7.48. The van der Waals surface area contributed by atoms with Gasteiger partial charge < -0.3 is 54.8 Å². The number of carbonyl (C=O) groups excluding carboxylic acids is 4. The van der Waals surface area contributed by atoms with Crippen LogP contribution in [-0.4, -0.2) is 140 Å². The number of hydrogen-bond acceptors (Lipinski definition) is 16. The van der Waals surface area contributed by atoms with Crippen molar-refractivity contribution in [2.45, 2.75) is 62.2 Å². The van der Waals surface area contributed by atoms with Crippen molar-refractivity contribution in [2.75, 3.05) is 26.5 Å². The number of benzene rings is 3. The molecular formula is C39H40N5O14+. The summed E-state index contributed by atoms with van der Waals surface area (Å²) >= 11 is 0. The highest BCUT2D eigenvalue weighted by Gasteiger charge is 2.56. The second-order valence-electron chi connectivity index (χ2n) is 14.1. The van der Waals surface area contributed by atoms with Crippen molar-refractivity contribution in [3.8, 4) is 11.5 Å². The molecule has 304 valence electrons. The van der Waals surface area contributed by atoms with E-state index in [1.165, 1.54) is 24.3 Å². The number of para-hydroxylation sites is 1. The third-order valence-electron chi connectivity index (χ3n) is 10.5. The molecule has 1 amide bonds. The van der Waals surface area contributed by atoms with Crippen molar-refractivity contribution in [3.63, 3.8) is 0 Å². The van der Waals surface area contributed by atoms with Crippen LogP contribution in [-0.2, 0) is 27.4 Å². The molecule has 3 aromatic rings. The SMILES string of the molecule is N=C1N=C2C(=NC[NH+]2c2ccccc2Cc2cc3c(c(OCC(O)CC=O)c2OC2OC(CO)C(O)C(O)C2(O)CCO)C(=O)c2cc(CO)ccc2C3=O)C(=O)N1. The molecule has 0 aromatic heterocycles. The monoisotopic (exact) mass is 802 g/mol. The molecule has 0 spiro atoms. The molecule has 7 rings (SSSR count). The molecule has 0 saturated carbocycles. The number of carbonyl (C=O) groups is 4. The van der Waals surface area contributed by atoms with E-state index in [9.17, 15) is 54.9 Å². The molecule has 0 bridgehead atoms. The molecule has 3 heterocycles. The third kappa shape index (κ3) is 7.12. The number of amidine groups is 1. The molecule has 7 unspecified atom stereocenters. The zero-order valence-electron chi connectivity index (χ0n) is 30.6. The van der Waals surface area contributed by atoms with Crippen LogP contribution in [0.2, 0.25) is 0 Å². The van der Waals surface area contributed by atoms with Gasteiger partial charge in [0.1, 0.15) is 36.9 Å². The largest absolute Gasteiger partial charge is 0.486 e. The Balaban J connectivity index is 1.44. The number of rotatable bonds is 14. The van der Waals surface area contributed by atoms with E-state index in [4.69, 9.17) is 19.6 Å². The van der Waals surface area contributed by atoms with Crippen molar-refractivity contribution in [1.29, 1.82) is 5.41 Å². The first-order valence-corrected chi connectivity index (χ1v) is 18.2. The third-order valence-corrected chi connectivity index (χ3v) is 10.5. The minimum absolute atomic E-state index is 0.0136. The van der Waals surface area contributed by atoms with Crippen molar-refractivity contribution in [3.05, 3.63) is 87.5 Å². The maximum atomic E-state index is 14.5. The molecule has 58 heavy (non-hydrogen) atoms. The number of aliphatic hydroxyl groups excluding tert-OH is 6. The molecule has 3 aromatic carbocycles. The number of ether oxygens (including phenoxy) is 3. The van der Waals surface area contributed by atoms with Crippen molar-refractivity contribution in [2.24, 2.45) is 9.98 Å². The predicted octanol–water partition coefficient (Wildman–Crippen LogP) is -2.80. The zero-order valence-corrected chi connectivity index (χ0v) is 30.6. The number of aliphatic imine (C=N–C) groups is 2. The van der Waals surface area contributed by atoms with E-state index in [1.807, 2.05) is 0 Å². The molecule has 1 fully saturated rings. The lowest BCUT2D eigenvalue weighted by atomic mass is 9.81. The number of amides is 1. The summed E-state index contributed by atoms with van der Waals surface area (Å²) in [5.41, 5.74) is -1.63. The van der Waals surface area contributed by atoms with Crippen molar-refractivity contribution in [1.82, 2.24) is 5.32 Å². The molecule has 19 nitrogen and oxygen atoms in total. The van der Waals surface area contributed by atoms with Crippen LogP contribution in [0.25, 0.3) is 0 Å². The van der Waals surface area contributed by atoms with Gasteiger partial charge in [0.25, 0.3) is 11.7 Å². The van der Waals surface area contributed by atoms with Crippen LogP contribution < -0.4 is 19.7 Å². The van der Waals surface area contributed by atoms with Crippen LogP contribution >= 0.6 is 0 Å². The van der Waals surface area contributed by atoms with Gasteiger partial charge in [0.2, 0.25) is 18.0 Å². The highest BCUT2D eigenvalue weighted by atomic mass is 16.7. The lowest BCUT2D eigenvalue weighted by Gasteiger charge is -2.47. The molecule has 19 heteroatoms. The molecule has 1 aliphatic carbocycles. The van der Waals surface area contributed by atoms with Gasteiger partial charge >= 0.3 is 0 Å². The van der Waals surface area contributed by atoms with Gasteiger partial charge in [-0.2, -0.15) is 4.99 Å². The summed E-state index contributed by atoms with van der Waals surface area (Å²) in [5, 5.41) is 84.5. The van der Waals surface area contributed by atoms with E-state index < -0.39 is 92.4 Å². The van der Waals surface area contributed by atoms with Gasteiger partial charge in [-0.3, -0.25) is 25.1 Å². The van der Waals surface area contributed by atoms with Crippen molar-refractivity contribution < 1.29 is 74.0 Å². The van der Waals surface area contributed by atoms with Crippen LogP contribution in [0.1, 0.15) is 61.4 Å². The van der Waals surface area contributed by atoms with Gasteiger partial charge in [0, 0.05) is 53.7 Å². The lowest BCUT2D eigenvalue weighted by Crippen LogP contribution is -3.09. The summed E-state index contributed by atoms with van der Waals surface area (Å²) < 4.78 is 18.3. The number of quaternary nitrogens is 1. The zero-order chi connectivity index (χ0) is 41.5. The summed E-state index contributed by atoms with van der Waals surface area (Å²) in [6, 6.07) is 12.5. The molecule has 10 N–H and O–H groups in total. The van der Waals surface area contributed by atoms with E-state index >= 15 is 0 Å². The molecule has 3 aliphatic heterocycles. The van der Waals surface area contributed by atoms with E-state index in [0.29, 0.717) is 28.0 Å². The summed E-state index contributed by atoms with van der Waals surface area (Å²) in [7, 11) is 0. The Bertz CT molecular complexity index is 2260. The maximum absolute atomic E-state index is 14.5. The van der Waals surface area contributed by atoms with E-state index in [-0.39, 0.29) is 70.6 Å². The van der Waals surface area contributed by atoms with E-state index in [2.05, 4.69) is 15.3 Å². The first-order chi connectivity index (χ1) is 27.8. The number of hydrogen-bond donors (Lipinski definition) is 10. The average molecular weight is 803 g/mol. The second kappa shape index (κ2) is 16.3. The molecule has 1 saturated heterocycles. The highest BCUT2D eigenvalue weighted by molar-refractivity contribution is 6.68. The van der Waals surface area contributed by atoms with Crippen molar-refractivity contribution >= 4 is 47.0 Å². The minimum atomic E-state index is -2.56. The maximum Gasteiger partial charge on any atom is 0.284 e. The van der Waals surface area contributed by atoms with E-state index in [1.54, 1.807) is 24.3 Å². The number of aliphatic hydroxyl groups is 7. The fourth-order valence-corrected chi connectivity index (χ4v) is 7.48. The fraction of sp³-hybridized carbons (Fsp3) is 0.359. The topological polar surface area (TPSA) is 303 Å². The summed E-state index contributed by atoms with van der Waals surface area (Å²) in [6.45, 7) is -2.64. The Labute approximate surface area is 329 Å². The summed E-state index contributed by atoms with van der Waals surface area (Å²) in [5.74, 6) is -2.97. The van der Waals surface area contributed by atoms with Crippen LogP contribution in [0.15, 0.2) is 58.5 Å². The van der Waals surface area contributed by atoms with Gasteiger partial charge in [0.15, 0.2) is 35.3 Å². The van der Waals surface area contributed by atoms with E-state index in [0.717, 1.165) is 0 Å². The smallest absolute Gasteiger partial charge is 0.284 e. The summed E-state index contributed by atoms with van der Waals surface area (Å²) in [6.07, 6.45) is -9.54. The Morgan fingerprint density at radius 3 is 2.52 bits per heavy atom. The Morgan fingerprint density at radius 1 is 1.02 bits per heavy atom. The van der Waals surface area contributed by atoms with Gasteiger partial charge in [-0.25, -0.2) is 9.89 Å². The quantitative estimate of drug-likeness (QED) is 0.0577. The highest BCUT2D eigenvalue weighted by Crippen LogP contribution is 2.46. The van der Waals surface area contributed by atoms with Gasteiger partial charge in [-0.1, -0.05) is 24.3 Å². The second-order valence-corrected chi connectivity index (χ2v) is 14.1. The van der Waals surface area contributed by atoms with Gasteiger partial charge in [0.05, 0.1) is 24.9 Å². The van der Waals surface area contributed by atoms with Crippen LogP contribution in [0, 0.1) is 5.41 Å². The molecule has 4 aliphatic rings. The Kier molecular flexibility index (Phi) is 11.4. The number of nitrogens with zero attached hydrogens (tertiary/aromatic N) is 2. The number of ketones is 2. The average Bonchev–Trinajstić information content (AvgIpc) is 3.64. The van der Waals surface area contributed by atoms with Crippen LogP contribution in [0.5, 0.6) is 11.5 Å². The normalized spacial score (nSPS) is 25.5. The number of aldehydes is 1. The van der Waals surface area contributed by atoms with Crippen LogP contribution in [0.4, 0.5) is 5.69 Å². The molecular weight excluding hydrogens is 762 g/mol. The Morgan fingerprint density at radius 2 is 1.79 bits per heavy atom. The minimum Gasteiger partial charge on any atom is -0.486 e. The van der Waals surface area contributed by atoms with Gasteiger partial charge in [-0.15, -0.1) is 0 Å². The van der Waals surface area contributed by atoms with Gasteiger partial charge in [-0.05, 0) is 29.8 Å². The summed E-state index contributed by atoms with van der Waals surface area (Å²) in [4.78, 5) is 61.8. The molecule has 0 radical (unpaired) electrons. The number of fused-ring (bicyclic) bond motifs is 3. The predicted molar refractivity (Wildman–Crippen MR) is 198 cm³/mol. The number of nitrogens with one attached hydrogen (secondary N) is 3. The first-order valence-electron chi connectivity index (χ1n) is 18.2.